The van der Waals surface area contributed by atoms with Gasteiger partial charge >= 0.3 is 0 Å². The Morgan fingerprint density at radius 1 is 1.13 bits per heavy atom. The molecule has 4 aromatic rings. The van der Waals surface area contributed by atoms with Gasteiger partial charge in [0.25, 0.3) is 5.56 Å². The van der Waals surface area contributed by atoms with E-state index in [0.717, 1.165) is 54.1 Å². The van der Waals surface area contributed by atoms with Gasteiger partial charge in [0.2, 0.25) is 0 Å². The van der Waals surface area contributed by atoms with Crippen molar-refractivity contribution in [1.29, 1.82) is 5.26 Å². The van der Waals surface area contributed by atoms with E-state index in [9.17, 15) is 10.1 Å². The molecule has 30 heavy (non-hydrogen) atoms. The van der Waals surface area contributed by atoms with Crippen LogP contribution < -0.4 is 10.5 Å². The lowest BCUT2D eigenvalue weighted by Gasteiger charge is -2.32. The summed E-state index contributed by atoms with van der Waals surface area (Å²) in [5.41, 5.74) is 5.36. The van der Waals surface area contributed by atoms with Gasteiger partial charge in [-0.3, -0.25) is 4.79 Å². The molecule has 1 aliphatic rings. The van der Waals surface area contributed by atoms with Crippen molar-refractivity contribution >= 4 is 27.8 Å². The maximum atomic E-state index is 12.5. The minimum Gasteiger partial charge on any atom is -0.440 e. The van der Waals surface area contributed by atoms with Gasteiger partial charge in [0.1, 0.15) is 22.8 Å². The molecule has 0 amide bonds. The predicted molar refractivity (Wildman–Crippen MR) is 115 cm³/mol. The fourth-order valence-corrected chi connectivity index (χ4v) is 4.21. The lowest BCUT2D eigenvalue weighted by Crippen LogP contribution is -2.34. The highest BCUT2D eigenvalue weighted by Gasteiger charge is 2.26. The molecule has 0 unspecified atom stereocenters. The Balaban J connectivity index is 1.45. The molecule has 7 nitrogen and oxygen atoms in total. The summed E-state index contributed by atoms with van der Waals surface area (Å²) in [4.78, 5) is 23.9. The Hall–Kier alpha value is -3.66. The highest BCUT2D eigenvalue weighted by molar-refractivity contribution is 5.88. The van der Waals surface area contributed by atoms with Gasteiger partial charge in [-0.05, 0) is 49.6 Å². The molecule has 4 heterocycles. The number of aromatic nitrogens is 3. The molecule has 0 bridgehead atoms. The van der Waals surface area contributed by atoms with Crippen LogP contribution in [0, 0.1) is 18.3 Å². The summed E-state index contributed by atoms with van der Waals surface area (Å²) < 4.78 is 7.58. The van der Waals surface area contributed by atoms with Gasteiger partial charge in [-0.25, -0.2) is 9.97 Å². The van der Waals surface area contributed by atoms with Crippen LogP contribution in [0.4, 0.5) is 5.69 Å². The average Bonchev–Trinajstić information content (AvgIpc) is 3.19. The number of nitriles is 1. The molecule has 3 aromatic heterocycles. The number of pyridine rings is 2. The smallest absolute Gasteiger partial charge is 0.252 e. The van der Waals surface area contributed by atoms with Gasteiger partial charge in [-0.15, -0.1) is 0 Å². The van der Waals surface area contributed by atoms with E-state index in [1.807, 2.05) is 25.1 Å². The number of piperidine rings is 1. The summed E-state index contributed by atoms with van der Waals surface area (Å²) in [7, 11) is 1.73. The molecule has 7 heteroatoms. The third-order valence-corrected chi connectivity index (χ3v) is 5.93. The van der Waals surface area contributed by atoms with E-state index in [1.54, 1.807) is 29.8 Å². The van der Waals surface area contributed by atoms with Crippen molar-refractivity contribution in [3.63, 3.8) is 0 Å². The molecule has 0 N–H and O–H groups in total. The van der Waals surface area contributed by atoms with Crippen LogP contribution in [0.2, 0.25) is 0 Å². The van der Waals surface area contributed by atoms with Crippen molar-refractivity contribution in [1.82, 2.24) is 14.5 Å². The Morgan fingerprint density at radius 3 is 2.70 bits per heavy atom. The number of rotatable bonds is 2. The van der Waals surface area contributed by atoms with Crippen LogP contribution >= 0.6 is 0 Å². The SMILES string of the molecule is Cc1ccc2oc(C3CCN(c4cc(=O)n(C)c5ccc(C#N)nc45)CC3)nc2c1. The average molecular weight is 399 g/mol. The van der Waals surface area contributed by atoms with Gasteiger partial charge in [0.15, 0.2) is 11.5 Å². The fourth-order valence-electron chi connectivity index (χ4n) is 4.21. The van der Waals surface area contributed by atoms with E-state index in [2.05, 4.69) is 16.0 Å². The van der Waals surface area contributed by atoms with Gasteiger partial charge in [-0.1, -0.05) is 6.07 Å². The minimum atomic E-state index is -0.0829. The summed E-state index contributed by atoms with van der Waals surface area (Å²) in [5.74, 6) is 1.03. The second-order valence-corrected chi connectivity index (χ2v) is 7.89. The number of benzene rings is 1. The molecule has 1 fully saturated rings. The summed E-state index contributed by atoms with van der Waals surface area (Å²) in [5, 5.41) is 9.25. The topological polar surface area (TPSA) is 88.0 Å². The van der Waals surface area contributed by atoms with Gasteiger partial charge < -0.3 is 13.9 Å². The number of aryl methyl sites for hydroxylation is 2. The van der Waals surface area contributed by atoms with E-state index >= 15 is 0 Å². The zero-order valence-corrected chi connectivity index (χ0v) is 16.9. The second-order valence-electron chi connectivity index (χ2n) is 7.89. The van der Waals surface area contributed by atoms with Crippen LogP contribution in [0.5, 0.6) is 0 Å². The van der Waals surface area contributed by atoms with E-state index in [1.165, 1.54) is 5.56 Å². The van der Waals surface area contributed by atoms with Crippen LogP contribution in [0.3, 0.4) is 0 Å². The lowest BCUT2D eigenvalue weighted by molar-refractivity contribution is 0.407. The molecule has 0 aliphatic carbocycles. The summed E-state index contributed by atoms with van der Waals surface area (Å²) in [6.07, 6.45) is 1.75. The Bertz CT molecular complexity index is 1370. The lowest BCUT2D eigenvalue weighted by atomic mass is 9.96. The minimum absolute atomic E-state index is 0.0829. The number of fused-ring (bicyclic) bond motifs is 2. The number of anilines is 1. The van der Waals surface area contributed by atoms with Crippen LogP contribution in [-0.2, 0) is 7.05 Å². The molecule has 0 spiro atoms. The first-order chi connectivity index (χ1) is 14.5. The molecule has 0 atom stereocenters. The first-order valence-electron chi connectivity index (χ1n) is 10.1. The third-order valence-electron chi connectivity index (χ3n) is 5.93. The highest BCUT2D eigenvalue weighted by atomic mass is 16.3. The molecule has 150 valence electrons. The Kier molecular flexibility index (Phi) is 4.28. The maximum absolute atomic E-state index is 12.5. The molecular formula is C23H21N5O2. The first-order valence-corrected chi connectivity index (χ1v) is 10.1. The molecule has 5 rings (SSSR count). The molecule has 1 aliphatic heterocycles. The molecular weight excluding hydrogens is 378 g/mol. The summed E-state index contributed by atoms with van der Waals surface area (Å²) >= 11 is 0. The standard InChI is InChI=1S/C23H21N5O2/c1-14-3-6-20-17(11-14)26-23(30-20)15-7-9-28(10-8-15)19-12-21(29)27(2)18-5-4-16(13-24)25-22(18)19/h3-6,11-12,15H,7-10H2,1-2H3. The van der Waals surface area contributed by atoms with Crippen molar-refractivity contribution in [3.05, 3.63) is 63.9 Å². The third kappa shape index (κ3) is 3.01. The quantitative estimate of drug-likeness (QED) is 0.511. The van der Waals surface area contributed by atoms with Crippen LogP contribution in [-0.4, -0.2) is 27.6 Å². The normalized spacial score (nSPS) is 15.0. The van der Waals surface area contributed by atoms with Crippen LogP contribution in [0.25, 0.3) is 22.1 Å². The van der Waals surface area contributed by atoms with E-state index < -0.39 is 0 Å². The first kappa shape index (κ1) is 18.4. The van der Waals surface area contributed by atoms with Gasteiger partial charge in [0.05, 0.1) is 11.2 Å². The largest absolute Gasteiger partial charge is 0.440 e. The monoisotopic (exact) mass is 399 g/mol. The molecule has 1 aromatic carbocycles. The maximum Gasteiger partial charge on any atom is 0.252 e. The predicted octanol–water partition coefficient (Wildman–Crippen LogP) is 3.64. The number of hydrogen-bond acceptors (Lipinski definition) is 6. The number of hydrogen-bond donors (Lipinski definition) is 0. The Morgan fingerprint density at radius 2 is 1.93 bits per heavy atom. The second kappa shape index (κ2) is 6.99. The highest BCUT2D eigenvalue weighted by Crippen LogP contribution is 2.33. The van der Waals surface area contributed by atoms with Gasteiger partial charge in [0, 0.05) is 32.1 Å². The van der Waals surface area contributed by atoms with Crippen molar-refractivity contribution < 1.29 is 4.42 Å². The van der Waals surface area contributed by atoms with Crippen LogP contribution in [0.1, 0.15) is 35.9 Å². The number of oxazole rings is 1. The summed E-state index contributed by atoms with van der Waals surface area (Å²) in [6, 6.07) is 13.2. The zero-order chi connectivity index (χ0) is 20.8. The molecule has 0 radical (unpaired) electrons. The van der Waals surface area contributed by atoms with E-state index in [0.29, 0.717) is 11.2 Å². The zero-order valence-electron chi connectivity index (χ0n) is 16.9. The van der Waals surface area contributed by atoms with Crippen molar-refractivity contribution in [2.75, 3.05) is 18.0 Å². The van der Waals surface area contributed by atoms with Crippen molar-refractivity contribution in [2.45, 2.75) is 25.7 Å². The Labute approximate surface area is 173 Å². The van der Waals surface area contributed by atoms with Crippen molar-refractivity contribution in [3.8, 4) is 6.07 Å². The molecule has 0 saturated carbocycles. The number of nitrogens with zero attached hydrogens (tertiary/aromatic N) is 5. The van der Waals surface area contributed by atoms with E-state index in [-0.39, 0.29) is 11.5 Å². The summed E-state index contributed by atoms with van der Waals surface area (Å²) in [6.45, 7) is 3.58. The molecule has 1 saturated heterocycles. The fraction of sp³-hybridized carbons (Fsp3) is 0.304. The van der Waals surface area contributed by atoms with Crippen molar-refractivity contribution in [2.24, 2.45) is 7.05 Å². The van der Waals surface area contributed by atoms with Crippen LogP contribution in [0.15, 0.2) is 45.6 Å². The van der Waals surface area contributed by atoms with E-state index in [4.69, 9.17) is 9.40 Å². The van der Waals surface area contributed by atoms with Gasteiger partial charge in [-0.2, -0.15) is 5.26 Å².